The monoisotopic (exact) mass is 410 g/mol. The number of nitrogens with zero attached hydrogens (tertiary/aromatic N) is 3. The first kappa shape index (κ1) is 21.1. The summed E-state index contributed by atoms with van der Waals surface area (Å²) in [5.74, 6) is 0.242. The number of hydrogen-bond acceptors (Lipinski definition) is 5. The third-order valence-electron chi connectivity index (χ3n) is 4.26. The van der Waals surface area contributed by atoms with Gasteiger partial charge in [-0.25, -0.2) is 0 Å². The summed E-state index contributed by atoms with van der Waals surface area (Å²) in [6.07, 6.45) is 1.87. The van der Waals surface area contributed by atoms with Crippen molar-refractivity contribution in [2.24, 2.45) is 0 Å². The number of aryl methyl sites for hydroxylation is 1. The van der Waals surface area contributed by atoms with E-state index in [2.05, 4.69) is 15.5 Å². The van der Waals surface area contributed by atoms with Gasteiger partial charge in [-0.1, -0.05) is 53.7 Å². The third kappa shape index (κ3) is 6.44. The molecule has 0 saturated heterocycles. The van der Waals surface area contributed by atoms with E-state index in [-0.39, 0.29) is 17.8 Å². The highest BCUT2D eigenvalue weighted by Gasteiger charge is 2.10. The van der Waals surface area contributed by atoms with Gasteiger partial charge in [-0.3, -0.25) is 9.36 Å². The molecule has 1 amide bonds. The summed E-state index contributed by atoms with van der Waals surface area (Å²) in [5, 5.41) is 11.7. The number of aromatic nitrogens is 3. The Labute approximate surface area is 175 Å². The first-order valence-corrected chi connectivity index (χ1v) is 10.6. The van der Waals surface area contributed by atoms with E-state index in [9.17, 15) is 4.79 Å². The molecule has 0 bridgehead atoms. The molecule has 152 valence electrons. The lowest BCUT2D eigenvalue weighted by atomic mass is 10.1. The number of nitrogens with one attached hydrogen (secondary N) is 1. The van der Waals surface area contributed by atoms with Gasteiger partial charge in [0.2, 0.25) is 5.91 Å². The SMILES string of the molecule is Cc1ccc(-n2cnnc2SCC(=O)NCc2ccc(COC(C)C)cc2)cc1. The van der Waals surface area contributed by atoms with Crippen LogP contribution in [0.25, 0.3) is 5.69 Å². The number of carbonyl (C=O) groups is 1. The van der Waals surface area contributed by atoms with Crippen LogP contribution in [0, 0.1) is 6.92 Å². The van der Waals surface area contributed by atoms with E-state index in [0.29, 0.717) is 18.3 Å². The highest BCUT2D eigenvalue weighted by Crippen LogP contribution is 2.19. The lowest BCUT2D eigenvalue weighted by molar-refractivity contribution is -0.118. The van der Waals surface area contributed by atoms with Crippen molar-refractivity contribution in [1.29, 1.82) is 0 Å². The van der Waals surface area contributed by atoms with Crippen LogP contribution in [0.5, 0.6) is 0 Å². The molecular formula is C22H26N4O2S. The van der Waals surface area contributed by atoms with Gasteiger partial charge in [0.05, 0.1) is 18.5 Å². The molecule has 1 N–H and O–H groups in total. The summed E-state index contributed by atoms with van der Waals surface area (Å²) >= 11 is 1.37. The molecule has 0 fully saturated rings. The molecule has 0 saturated carbocycles. The molecule has 2 aromatic carbocycles. The molecule has 6 nitrogen and oxygen atoms in total. The second kappa shape index (κ2) is 10.2. The van der Waals surface area contributed by atoms with E-state index >= 15 is 0 Å². The van der Waals surface area contributed by atoms with Crippen molar-refractivity contribution in [1.82, 2.24) is 20.1 Å². The number of carbonyl (C=O) groups excluding carboxylic acids is 1. The first-order chi connectivity index (χ1) is 14.0. The summed E-state index contributed by atoms with van der Waals surface area (Å²) in [4.78, 5) is 12.2. The van der Waals surface area contributed by atoms with Crippen LogP contribution >= 0.6 is 11.8 Å². The third-order valence-corrected chi connectivity index (χ3v) is 5.20. The normalized spacial score (nSPS) is 11.0. The van der Waals surface area contributed by atoms with Crippen molar-refractivity contribution in [3.8, 4) is 5.69 Å². The molecule has 0 aliphatic heterocycles. The number of rotatable bonds is 9. The minimum absolute atomic E-state index is 0.0410. The van der Waals surface area contributed by atoms with Gasteiger partial charge in [-0.2, -0.15) is 0 Å². The van der Waals surface area contributed by atoms with Crippen LogP contribution in [-0.4, -0.2) is 32.5 Å². The molecule has 3 aromatic rings. The average Bonchev–Trinajstić information content (AvgIpc) is 3.19. The minimum atomic E-state index is -0.0410. The lowest BCUT2D eigenvalue weighted by Crippen LogP contribution is -2.24. The summed E-state index contributed by atoms with van der Waals surface area (Å²) in [6.45, 7) is 7.18. The molecule has 3 rings (SSSR count). The maximum Gasteiger partial charge on any atom is 0.230 e. The molecule has 7 heteroatoms. The van der Waals surface area contributed by atoms with E-state index in [0.717, 1.165) is 16.8 Å². The number of benzene rings is 2. The van der Waals surface area contributed by atoms with Gasteiger partial charge in [-0.05, 0) is 44.0 Å². The molecule has 0 aliphatic carbocycles. The Kier molecular flexibility index (Phi) is 7.43. The molecule has 0 atom stereocenters. The van der Waals surface area contributed by atoms with Crippen molar-refractivity contribution in [2.45, 2.75) is 45.2 Å². The maximum absolute atomic E-state index is 12.2. The second-order valence-corrected chi connectivity index (χ2v) is 8.00. The second-order valence-electron chi connectivity index (χ2n) is 7.06. The summed E-state index contributed by atoms with van der Waals surface area (Å²) < 4.78 is 7.48. The zero-order valence-electron chi connectivity index (χ0n) is 17.0. The van der Waals surface area contributed by atoms with Crippen LogP contribution in [0.4, 0.5) is 0 Å². The quantitative estimate of drug-likeness (QED) is 0.542. The molecule has 1 heterocycles. The van der Waals surface area contributed by atoms with Gasteiger partial charge in [0.15, 0.2) is 5.16 Å². The van der Waals surface area contributed by atoms with Crippen molar-refractivity contribution in [2.75, 3.05) is 5.75 Å². The van der Waals surface area contributed by atoms with Gasteiger partial charge in [0, 0.05) is 12.2 Å². The van der Waals surface area contributed by atoms with Gasteiger partial charge in [0.1, 0.15) is 6.33 Å². The van der Waals surface area contributed by atoms with Crippen molar-refractivity contribution >= 4 is 17.7 Å². The van der Waals surface area contributed by atoms with E-state index in [1.54, 1.807) is 6.33 Å². The smallest absolute Gasteiger partial charge is 0.230 e. The first-order valence-electron chi connectivity index (χ1n) is 9.57. The number of thioether (sulfide) groups is 1. The van der Waals surface area contributed by atoms with E-state index < -0.39 is 0 Å². The zero-order chi connectivity index (χ0) is 20.6. The Hall–Kier alpha value is -2.64. The molecule has 29 heavy (non-hydrogen) atoms. The van der Waals surface area contributed by atoms with Crippen molar-refractivity contribution < 1.29 is 9.53 Å². The van der Waals surface area contributed by atoms with Gasteiger partial charge >= 0.3 is 0 Å². The predicted molar refractivity (Wildman–Crippen MR) is 115 cm³/mol. The number of ether oxygens (including phenoxy) is 1. The fourth-order valence-corrected chi connectivity index (χ4v) is 3.36. The predicted octanol–water partition coefficient (Wildman–Crippen LogP) is 3.91. The Morgan fingerprint density at radius 2 is 1.79 bits per heavy atom. The molecule has 0 radical (unpaired) electrons. The molecule has 0 spiro atoms. The highest BCUT2D eigenvalue weighted by atomic mass is 32.2. The molecule has 0 aliphatic rings. The van der Waals surface area contributed by atoms with Crippen LogP contribution in [0.1, 0.15) is 30.5 Å². The lowest BCUT2D eigenvalue weighted by Gasteiger charge is -2.09. The van der Waals surface area contributed by atoms with E-state index in [4.69, 9.17) is 4.74 Å². The maximum atomic E-state index is 12.2. The highest BCUT2D eigenvalue weighted by molar-refractivity contribution is 7.99. The molecule has 0 unspecified atom stereocenters. The minimum Gasteiger partial charge on any atom is -0.374 e. The standard InChI is InChI=1S/C22H26N4O2S/c1-16(2)28-13-19-8-6-18(7-9-19)12-23-21(27)14-29-22-25-24-15-26(22)20-10-4-17(3)5-11-20/h4-11,15-16H,12-14H2,1-3H3,(H,23,27). The Balaban J connectivity index is 1.47. The van der Waals surface area contributed by atoms with Crippen LogP contribution in [0.2, 0.25) is 0 Å². The summed E-state index contributed by atoms with van der Waals surface area (Å²) in [7, 11) is 0. The summed E-state index contributed by atoms with van der Waals surface area (Å²) in [5.41, 5.74) is 4.35. The van der Waals surface area contributed by atoms with Gasteiger partial charge < -0.3 is 10.1 Å². The van der Waals surface area contributed by atoms with E-state index in [1.807, 2.05) is 73.9 Å². The van der Waals surface area contributed by atoms with Crippen LogP contribution in [-0.2, 0) is 22.7 Å². The molecular weight excluding hydrogens is 384 g/mol. The fraction of sp³-hybridized carbons (Fsp3) is 0.318. The average molecular weight is 411 g/mol. The van der Waals surface area contributed by atoms with Crippen molar-refractivity contribution in [3.05, 3.63) is 71.5 Å². The number of hydrogen-bond donors (Lipinski definition) is 1. The topological polar surface area (TPSA) is 69.0 Å². The van der Waals surface area contributed by atoms with Crippen LogP contribution < -0.4 is 5.32 Å². The largest absolute Gasteiger partial charge is 0.374 e. The van der Waals surface area contributed by atoms with E-state index in [1.165, 1.54) is 17.3 Å². The van der Waals surface area contributed by atoms with Gasteiger partial charge in [0.25, 0.3) is 0 Å². The Bertz CT molecular complexity index is 921. The van der Waals surface area contributed by atoms with Crippen molar-refractivity contribution in [3.63, 3.8) is 0 Å². The van der Waals surface area contributed by atoms with Crippen LogP contribution in [0.15, 0.2) is 60.0 Å². The summed E-state index contributed by atoms with van der Waals surface area (Å²) in [6, 6.07) is 16.2. The Morgan fingerprint density at radius 1 is 1.10 bits per heavy atom. The van der Waals surface area contributed by atoms with Crippen LogP contribution in [0.3, 0.4) is 0 Å². The van der Waals surface area contributed by atoms with Gasteiger partial charge in [-0.15, -0.1) is 10.2 Å². The zero-order valence-corrected chi connectivity index (χ0v) is 17.8. The Morgan fingerprint density at radius 3 is 2.48 bits per heavy atom. The molecule has 1 aromatic heterocycles. The fourth-order valence-electron chi connectivity index (χ4n) is 2.60. The number of amides is 1.